The number of fused-ring (bicyclic) bond motifs is 2. The molecule has 17 heteroatoms. The van der Waals surface area contributed by atoms with Crippen LogP contribution in [0.15, 0.2) is 61.0 Å². The smallest absolute Gasteiger partial charge is 0.276 e. The summed E-state index contributed by atoms with van der Waals surface area (Å²) in [6, 6.07) is 9.16. The van der Waals surface area contributed by atoms with E-state index in [1.807, 2.05) is 57.2 Å². The summed E-state index contributed by atoms with van der Waals surface area (Å²) in [5.74, 6) is -1.87. The molecule has 0 spiro atoms. The zero-order chi connectivity index (χ0) is 40.4. The van der Waals surface area contributed by atoms with Crippen LogP contribution in [0.4, 0.5) is 5.95 Å². The van der Waals surface area contributed by atoms with Gasteiger partial charge in [0.05, 0.1) is 36.1 Å². The number of para-hydroxylation sites is 2. The SMILES string of the molecule is CC=CCn1c(NC(=O)c2cc(C)nn2CC)nc2c(-n3cnc4ccccc43)c(C(N)=O)c(OC)c(OCCCN(C(=O)CCN3C(=O)C=CC3=O)C3CC3)c21. The molecule has 5 aromatic rings. The number of hydrogen-bond acceptors (Lipinski definition) is 10. The van der Waals surface area contributed by atoms with Crippen molar-refractivity contribution in [2.24, 2.45) is 5.73 Å². The highest BCUT2D eigenvalue weighted by atomic mass is 16.5. The molecular formula is C40H44N10O7. The molecule has 0 bridgehead atoms. The Morgan fingerprint density at radius 2 is 1.86 bits per heavy atom. The second kappa shape index (κ2) is 16.1. The number of nitrogens with one attached hydrogen (secondary N) is 1. The number of hydrogen-bond donors (Lipinski definition) is 2. The maximum absolute atomic E-state index is 13.9. The Kier molecular flexibility index (Phi) is 10.9. The second-order valence-electron chi connectivity index (χ2n) is 13.7. The van der Waals surface area contributed by atoms with Gasteiger partial charge in [0.1, 0.15) is 28.6 Å². The van der Waals surface area contributed by atoms with Gasteiger partial charge in [0.2, 0.25) is 11.9 Å². The van der Waals surface area contributed by atoms with E-state index < -0.39 is 23.6 Å². The Morgan fingerprint density at radius 3 is 2.54 bits per heavy atom. The van der Waals surface area contributed by atoms with Crippen LogP contribution in [-0.4, -0.2) is 101 Å². The Labute approximate surface area is 327 Å². The first kappa shape index (κ1) is 38.5. The minimum atomic E-state index is -0.807. The van der Waals surface area contributed by atoms with Crippen LogP contribution >= 0.6 is 0 Å². The van der Waals surface area contributed by atoms with Gasteiger partial charge in [0.15, 0.2) is 11.5 Å². The third-order valence-corrected chi connectivity index (χ3v) is 9.95. The van der Waals surface area contributed by atoms with Gasteiger partial charge in [-0.2, -0.15) is 5.10 Å². The number of aromatic nitrogens is 6. The van der Waals surface area contributed by atoms with Crippen molar-refractivity contribution in [1.29, 1.82) is 0 Å². The number of anilines is 1. The molecule has 4 heterocycles. The van der Waals surface area contributed by atoms with Crippen LogP contribution in [-0.2, 0) is 27.5 Å². The number of imide groups is 1. The van der Waals surface area contributed by atoms with E-state index in [0.717, 1.165) is 17.7 Å². The topological polar surface area (TPSA) is 202 Å². The van der Waals surface area contributed by atoms with Gasteiger partial charge >= 0.3 is 0 Å². The Morgan fingerprint density at radius 1 is 1.11 bits per heavy atom. The Balaban J connectivity index is 1.29. The van der Waals surface area contributed by atoms with E-state index in [0.29, 0.717) is 47.4 Å². The summed E-state index contributed by atoms with van der Waals surface area (Å²) in [6.07, 6.45) is 9.84. The fraction of sp³-hybridized carbons (Fsp3) is 0.350. The van der Waals surface area contributed by atoms with Crippen molar-refractivity contribution in [2.75, 3.05) is 32.1 Å². The summed E-state index contributed by atoms with van der Waals surface area (Å²) >= 11 is 0. The highest BCUT2D eigenvalue weighted by molar-refractivity contribution is 6.13. The number of amides is 5. The summed E-state index contributed by atoms with van der Waals surface area (Å²) in [4.78, 5) is 77.2. The van der Waals surface area contributed by atoms with Crippen molar-refractivity contribution in [3.8, 4) is 17.2 Å². The van der Waals surface area contributed by atoms with Crippen molar-refractivity contribution < 1.29 is 33.4 Å². The predicted molar refractivity (Wildman–Crippen MR) is 210 cm³/mol. The molecular weight excluding hydrogens is 733 g/mol. The monoisotopic (exact) mass is 776 g/mol. The second-order valence-corrected chi connectivity index (χ2v) is 13.7. The lowest BCUT2D eigenvalue weighted by molar-refractivity contribution is -0.138. The number of carbonyl (C=O) groups is 5. The number of nitrogens with zero attached hydrogens (tertiary/aromatic N) is 8. The van der Waals surface area contributed by atoms with Gasteiger partial charge in [-0.1, -0.05) is 24.3 Å². The highest BCUT2D eigenvalue weighted by Crippen LogP contribution is 2.45. The quantitative estimate of drug-likeness (QED) is 0.0792. The number of nitrogens with two attached hydrogens (primary N) is 1. The van der Waals surface area contributed by atoms with Crippen LogP contribution in [0.1, 0.15) is 66.1 Å². The first-order valence-electron chi connectivity index (χ1n) is 18.8. The van der Waals surface area contributed by atoms with Crippen LogP contribution in [0.2, 0.25) is 0 Å². The van der Waals surface area contributed by atoms with Gasteiger partial charge in [0, 0.05) is 50.8 Å². The van der Waals surface area contributed by atoms with Crippen LogP contribution in [0.5, 0.6) is 11.5 Å². The molecule has 1 saturated carbocycles. The first-order chi connectivity index (χ1) is 27.6. The molecule has 5 amide bonds. The molecule has 1 aliphatic heterocycles. The molecule has 17 nitrogen and oxygen atoms in total. The zero-order valence-electron chi connectivity index (χ0n) is 32.2. The first-order valence-corrected chi connectivity index (χ1v) is 18.8. The van der Waals surface area contributed by atoms with Crippen LogP contribution in [0.3, 0.4) is 0 Å². The molecule has 0 atom stereocenters. The van der Waals surface area contributed by atoms with Gasteiger partial charge in [-0.05, 0) is 58.2 Å². The Hall–Kier alpha value is -6.78. The van der Waals surface area contributed by atoms with Crippen LogP contribution in [0.25, 0.3) is 27.8 Å². The van der Waals surface area contributed by atoms with Crippen LogP contribution < -0.4 is 20.5 Å². The minimum Gasteiger partial charge on any atom is -0.492 e. The largest absolute Gasteiger partial charge is 0.492 e. The summed E-state index contributed by atoms with van der Waals surface area (Å²) in [5.41, 5.74) is 9.50. The van der Waals surface area contributed by atoms with E-state index in [-0.39, 0.29) is 72.3 Å². The van der Waals surface area contributed by atoms with E-state index in [1.54, 1.807) is 31.1 Å². The van der Waals surface area contributed by atoms with Crippen molar-refractivity contribution in [1.82, 2.24) is 38.7 Å². The molecule has 0 unspecified atom stereocenters. The van der Waals surface area contributed by atoms with Crippen molar-refractivity contribution >= 4 is 57.6 Å². The fourth-order valence-electron chi connectivity index (χ4n) is 7.15. The number of ether oxygens (including phenoxy) is 2. The van der Waals surface area contributed by atoms with Gasteiger partial charge in [-0.3, -0.25) is 43.4 Å². The number of methoxy groups -OCH3 is 1. The molecule has 3 N–H and O–H groups in total. The van der Waals surface area contributed by atoms with Crippen molar-refractivity contribution in [3.63, 3.8) is 0 Å². The van der Waals surface area contributed by atoms with Gasteiger partial charge in [-0.25, -0.2) is 9.97 Å². The fourth-order valence-corrected chi connectivity index (χ4v) is 7.15. The summed E-state index contributed by atoms with van der Waals surface area (Å²) in [6.45, 7) is 6.73. The number of primary amides is 1. The summed E-state index contributed by atoms with van der Waals surface area (Å²) in [5, 5.41) is 7.40. The Bertz CT molecular complexity index is 2450. The molecule has 0 saturated heterocycles. The van der Waals surface area contributed by atoms with Gasteiger partial charge in [0.25, 0.3) is 23.6 Å². The van der Waals surface area contributed by atoms with Crippen molar-refractivity contribution in [2.45, 2.75) is 65.6 Å². The maximum atomic E-state index is 13.9. The minimum absolute atomic E-state index is 0.00229. The van der Waals surface area contributed by atoms with Gasteiger partial charge < -0.3 is 24.7 Å². The molecule has 7 rings (SSSR count). The molecule has 3 aromatic heterocycles. The van der Waals surface area contributed by atoms with Crippen molar-refractivity contribution in [3.05, 3.63) is 77.9 Å². The molecule has 1 aliphatic carbocycles. The summed E-state index contributed by atoms with van der Waals surface area (Å²) < 4.78 is 17.6. The van der Waals surface area contributed by atoms with Crippen LogP contribution in [0, 0.1) is 6.92 Å². The number of aryl methyl sites for hydroxylation is 2. The average Bonchev–Trinajstić information content (AvgIpc) is 3.49. The summed E-state index contributed by atoms with van der Waals surface area (Å²) in [7, 11) is 1.42. The lowest BCUT2D eigenvalue weighted by atomic mass is 10.1. The average molecular weight is 777 g/mol. The molecule has 0 radical (unpaired) electrons. The number of rotatable bonds is 17. The molecule has 2 aromatic carbocycles. The van der Waals surface area contributed by atoms with E-state index in [4.69, 9.17) is 20.2 Å². The third kappa shape index (κ3) is 7.47. The number of benzene rings is 2. The number of imidazole rings is 2. The standard InChI is InChI=1S/C40H44N10O7/c1-5-7-18-48-35-33(43-40(48)44-39(55)28-22-24(3)45-50(28)6-2)34(49-23-42-26-11-8-9-12-27(26)49)32(38(41)54)36(56-4)37(35)57-21-10-19-46(25-13-14-25)31(53)17-20-47-29(51)15-16-30(47)52/h5,7-9,11-12,15-16,22-23,25H,6,10,13-14,17-21H2,1-4H3,(H2,41,54)(H,43,44,55). The third-order valence-electron chi connectivity index (χ3n) is 9.95. The number of allylic oxidation sites excluding steroid dienone is 2. The van der Waals surface area contributed by atoms with Gasteiger partial charge in [-0.15, -0.1) is 0 Å². The maximum Gasteiger partial charge on any atom is 0.276 e. The van der Waals surface area contributed by atoms with E-state index >= 15 is 0 Å². The lowest BCUT2D eigenvalue weighted by Crippen LogP contribution is -2.38. The molecule has 296 valence electrons. The molecule has 57 heavy (non-hydrogen) atoms. The number of carbonyl (C=O) groups excluding carboxylic acids is 5. The normalized spacial score (nSPS) is 14.1. The zero-order valence-corrected chi connectivity index (χ0v) is 32.2. The molecule has 2 aliphatic rings. The predicted octanol–water partition coefficient (Wildman–Crippen LogP) is 3.91. The molecule has 1 fully saturated rings. The van der Waals surface area contributed by atoms with E-state index in [1.165, 1.54) is 19.3 Å². The van der Waals surface area contributed by atoms with E-state index in [9.17, 15) is 24.0 Å². The van der Waals surface area contributed by atoms with E-state index in [2.05, 4.69) is 15.4 Å². The lowest BCUT2D eigenvalue weighted by Gasteiger charge is -2.24. The highest BCUT2D eigenvalue weighted by Gasteiger charge is 2.35.